The van der Waals surface area contributed by atoms with Gasteiger partial charge in [-0.2, -0.15) is 4.40 Å². The van der Waals surface area contributed by atoms with Crippen LogP contribution >= 0.6 is 11.9 Å². The third-order valence-corrected chi connectivity index (χ3v) is 5.54. The summed E-state index contributed by atoms with van der Waals surface area (Å²) in [5.41, 5.74) is 3.18. The lowest BCUT2D eigenvalue weighted by Gasteiger charge is -2.17. The summed E-state index contributed by atoms with van der Waals surface area (Å²) in [6.07, 6.45) is 6.48. The number of hydrogen-bond donors (Lipinski definition) is 1. The summed E-state index contributed by atoms with van der Waals surface area (Å²) in [5.74, 6) is 1.88. The van der Waals surface area contributed by atoms with Gasteiger partial charge in [-0.15, -0.1) is 0 Å². The van der Waals surface area contributed by atoms with Crippen LogP contribution in [0.4, 0.5) is 0 Å². The number of Topliss-reactive ketones (excluding diaryl/α,β-unsaturated/α-hetero) is 1. The van der Waals surface area contributed by atoms with E-state index in [2.05, 4.69) is 10.3 Å². The van der Waals surface area contributed by atoms with Gasteiger partial charge < -0.3 is 19.5 Å². The minimum absolute atomic E-state index is 0.108. The Morgan fingerprint density at radius 1 is 1.27 bits per heavy atom. The van der Waals surface area contributed by atoms with E-state index in [0.29, 0.717) is 36.3 Å². The molecule has 0 unspecified atom stereocenters. The molecule has 0 bridgehead atoms. The van der Waals surface area contributed by atoms with Gasteiger partial charge >= 0.3 is 5.97 Å². The van der Waals surface area contributed by atoms with Crippen molar-refractivity contribution in [2.24, 2.45) is 4.40 Å². The molecule has 1 aromatic rings. The molecule has 0 fully saturated rings. The molecule has 0 saturated heterocycles. The number of nitrogens with zero attached hydrogens (tertiary/aromatic N) is 2. The van der Waals surface area contributed by atoms with Crippen LogP contribution in [0.1, 0.15) is 36.2 Å². The van der Waals surface area contributed by atoms with E-state index in [9.17, 15) is 19.5 Å². The zero-order chi connectivity index (χ0) is 24.0. The molecular weight excluding hydrogens is 444 g/mol. The van der Waals surface area contributed by atoms with Gasteiger partial charge in [0.25, 0.3) is 5.91 Å². The van der Waals surface area contributed by atoms with Crippen LogP contribution in [-0.4, -0.2) is 66.1 Å². The van der Waals surface area contributed by atoms with Crippen molar-refractivity contribution in [2.45, 2.75) is 26.7 Å². The van der Waals surface area contributed by atoms with Crippen molar-refractivity contribution in [2.75, 3.05) is 32.6 Å². The minimum atomic E-state index is -0.519. The normalized spacial score (nSPS) is 14.8. The van der Waals surface area contributed by atoms with E-state index >= 15 is 0 Å². The number of carbonyl (C=O) groups excluding carboxylic acids is 3. The number of ether oxygens (including phenoxy) is 2. The monoisotopic (exact) mass is 470 g/mol. The number of ketones is 1. The molecule has 1 amide bonds. The second-order valence-electron chi connectivity index (χ2n) is 7.45. The smallest absolute Gasteiger partial charge is 0.344 e. The van der Waals surface area contributed by atoms with Crippen LogP contribution in [0.2, 0.25) is 0 Å². The zero-order valence-electron chi connectivity index (χ0n) is 18.8. The van der Waals surface area contributed by atoms with Gasteiger partial charge in [0.05, 0.1) is 18.7 Å². The summed E-state index contributed by atoms with van der Waals surface area (Å²) >= 11 is 1.30. The van der Waals surface area contributed by atoms with Gasteiger partial charge in [-0.1, -0.05) is 6.92 Å². The molecule has 0 aromatic heterocycles. The molecule has 33 heavy (non-hydrogen) atoms. The second kappa shape index (κ2) is 11.0. The Hall–Kier alpha value is -3.29. The maximum absolute atomic E-state index is 13.0. The first-order valence-corrected chi connectivity index (χ1v) is 11.8. The number of carbonyl (C=O) groups is 3. The highest BCUT2D eigenvalue weighted by molar-refractivity contribution is 7.97. The van der Waals surface area contributed by atoms with Gasteiger partial charge in [0.15, 0.2) is 12.4 Å². The van der Waals surface area contributed by atoms with Gasteiger partial charge in [-0.25, -0.2) is 4.79 Å². The van der Waals surface area contributed by atoms with Crippen LogP contribution in [0.3, 0.4) is 0 Å². The number of allylic oxidation sites excluding steroid dienone is 2. The van der Waals surface area contributed by atoms with E-state index in [1.807, 2.05) is 19.3 Å². The van der Waals surface area contributed by atoms with E-state index in [4.69, 9.17) is 9.47 Å². The highest BCUT2D eigenvalue weighted by Gasteiger charge is 2.32. The lowest BCUT2D eigenvalue weighted by molar-refractivity contribution is -0.145. The number of esters is 1. The van der Waals surface area contributed by atoms with E-state index in [-0.39, 0.29) is 42.8 Å². The predicted molar refractivity (Wildman–Crippen MR) is 126 cm³/mol. The molecule has 8 nitrogen and oxygen atoms in total. The first kappa shape index (κ1) is 24.4. The van der Waals surface area contributed by atoms with Crippen molar-refractivity contribution in [3.8, 4) is 11.5 Å². The van der Waals surface area contributed by atoms with Crippen molar-refractivity contribution >= 4 is 35.5 Å². The lowest BCUT2D eigenvalue weighted by Crippen LogP contribution is -2.32. The largest absolute Gasteiger partial charge is 0.507 e. The number of rotatable bonds is 9. The van der Waals surface area contributed by atoms with E-state index in [1.54, 1.807) is 19.1 Å². The number of aryl methyl sites for hydroxylation is 1. The van der Waals surface area contributed by atoms with Crippen LogP contribution in [-0.2, 0) is 20.7 Å². The summed E-state index contributed by atoms with van der Waals surface area (Å²) in [5, 5.41) is 10.4. The fourth-order valence-corrected chi connectivity index (χ4v) is 3.89. The molecule has 174 valence electrons. The van der Waals surface area contributed by atoms with E-state index in [1.165, 1.54) is 22.9 Å². The number of benzene rings is 1. The maximum Gasteiger partial charge on any atom is 0.344 e. The fraction of sp³-hybridized carbons (Fsp3) is 0.375. The van der Waals surface area contributed by atoms with Crippen LogP contribution in [0.15, 0.2) is 45.4 Å². The molecule has 9 heteroatoms. The number of amides is 1. The molecule has 1 aliphatic carbocycles. The Morgan fingerprint density at radius 2 is 2.06 bits per heavy atom. The standard InChI is InChI=1S/C24H26N2O6S/c1-4-16-9-19(20(27)10-22(16)32-14-23(29)31-5-2)21(28)13-26-12-17-8-15(11-25-33-3)6-7-18(17)24(26)30/h6-7,9-10,27H,4-5,8,12-14H2,1-3H3. The number of phenols is 1. The molecule has 2 aliphatic rings. The van der Waals surface area contributed by atoms with Crippen molar-refractivity contribution in [3.63, 3.8) is 0 Å². The third-order valence-electron chi connectivity index (χ3n) is 5.26. The molecule has 3 rings (SSSR count). The van der Waals surface area contributed by atoms with E-state index in [0.717, 1.165) is 11.1 Å². The molecule has 0 spiro atoms. The fourth-order valence-electron chi connectivity index (χ4n) is 3.68. The highest BCUT2D eigenvalue weighted by Crippen LogP contribution is 2.32. The molecule has 0 radical (unpaired) electrons. The molecule has 1 aliphatic heterocycles. The molecule has 0 atom stereocenters. The van der Waals surface area contributed by atoms with Gasteiger partial charge in [0.1, 0.15) is 11.5 Å². The van der Waals surface area contributed by atoms with Crippen molar-refractivity contribution in [1.29, 1.82) is 0 Å². The van der Waals surface area contributed by atoms with Crippen LogP contribution < -0.4 is 4.74 Å². The predicted octanol–water partition coefficient (Wildman–Crippen LogP) is 3.05. The molecule has 1 heterocycles. The molecule has 1 aromatic carbocycles. The Labute approximate surface area is 196 Å². The third kappa shape index (κ3) is 5.74. The average molecular weight is 471 g/mol. The van der Waals surface area contributed by atoms with E-state index < -0.39 is 5.97 Å². The first-order chi connectivity index (χ1) is 15.9. The zero-order valence-corrected chi connectivity index (χ0v) is 19.7. The van der Waals surface area contributed by atoms with Crippen molar-refractivity contribution in [1.82, 2.24) is 4.90 Å². The Kier molecular flexibility index (Phi) is 8.14. The number of phenolic OH excluding ortho intramolecular Hbond substituents is 1. The summed E-state index contributed by atoms with van der Waals surface area (Å²) < 4.78 is 14.4. The topological polar surface area (TPSA) is 106 Å². The van der Waals surface area contributed by atoms with Gasteiger partial charge in [0.2, 0.25) is 0 Å². The van der Waals surface area contributed by atoms with Gasteiger partial charge in [-0.3, -0.25) is 9.59 Å². The number of aromatic hydroxyl groups is 1. The minimum Gasteiger partial charge on any atom is -0.507 e. The quantitative estimate of drug-likeness (QED) is 0.256. The SMILES string of the molecule is CCOC(=O)COc1cc(O)c(C(=O)CN2CC3=C(C=CC(=C=NSC)C3)C2=O)cc1CC. The number of hydrogen-bond acceptors (Lipinski definition) is 8. The van der Waals surface area contributed by atoms with Crippen LogP contribution in [0.25, 0.3) is 0 Å². The Bertz CT molecular complexity index is 1100. The lowest BCUT2D eigenvalue weighted by atomic mass is 9.97. The van der Waals surface area contributed by atoms with Crippen molar-refractivity contribution in [3.05, 3.63) is 52.1 Å². The second-order valence-corrected chi connectivity index (χ2v) is 7.99. The maximum atomic E-state index is 13.0. The molecule has 1 N–H and O–H groups in total. The first-order valence-electron chi connectivity index (χ1n) is 10.6. The Balaban J connectivity index is 1.71. The summed E-state index contributed by atoms with van der Waals surface area (Å²) in [4.78, 5) is 38.8. The van der Waals surface area contributed by atoms with Gasteiger partial charge in [-0.05, 0) is 60.5 Å². The summed E-state index contributed by atoms with van der Waals surface area (Å²) in [7, 11) is 0. The van der Waals surface area contributed by atoms with Crippen LogP contribution in [0.5, 0.6) is 11.5 Å². The molecule has 0 saturated carbocycles. The van der Waals surface area contributed by atoms with Crippen LogP contribution in [0, 0.1) is 0 Å². The molecular formula is C24H26N2O6S. The summed E-state index contributed by atoms with van der Waals surface area (Å²) in [6, 6.07) is 2.87. The average Bonchev–Trinajstić information content (AvgIpc) is 3.10. The van der Waals surface area contributed by atoms with Gasteiger partial charge in [0, 0.05) is 36.4 Å². The highest BCUT2D eigenvalue weighted by atomic mass is 32.2. The van der Waals surface area contributed by atoms with Crippen molar-refractivity contribution < 1.29 is 29.0 Å². The Morgan fingerprint density at radius 3 is 2.76 bits per heavy atom. The summed E-state index contributed by atoms with van der Waals surface area (Å²) in [6.45, 7) is 3.71.